The van der Waals surface area contributed by atoms with E-state index in [1.54, 1.807) is 0 Å². The van der Waals surface area contributed by atoms with Crippen LogP contribution in [-0.2, 0) is 6.42 Å². The number of halogens is 1. The average molecular weight is 215 g/mol. The lowest BCUT2D eigenvalue weighted by atomic mass is 10.1. The summed E-state index contributed by atoms with van der Waals surface area (Å²) in [6.45, 7) is 0.277. The molecule has 2 rings (SSSR count). The summed E-state index contributed by atoms with van der Waals surface area (Å²) in [5, 5.41) is 7.13. The van der Waals surface area contributed by atoms with Gasteiger partial charge in [0.05, 0.1) is 5.84 Å². The number of amidine groups is 1. The highest BCUT2D eigenvalue weighted by molar-refractivity contribution is 5.85. The van der Waals surface area contributed by atoms with Crippen LogP contribution >= 0.6 is 12.4 Å². The third-order valence-electron chi connectivity index (χ3n) is 1.83. The van der Waals surface area contributed by atoms with Gasteiger partial charge in [-0.1, -0.05) is 6.07 Å². The van der Waals surface area contributed by atoms with Crippen LogP contribution in [-0.4, -0.2) is 12.6 Å². The molecule has 0 bridgehead atoms. The minimum atomic E-state index is 0. The first-order valence-corrected chi connectivity index (χ1v) is 3.97. The summed E-state index contributed by atoms with van der Waals surface area (Å²) in [5.74, 6) is 1.64. The molecule has 0 aliphatic carbocycles. The van der Waals surface area contributed by atoms with Gasteiger partial charge in [-0.3, -0.25) is 5.41 Å². The molecule has 0 aromatic heterocycles. The van der Waals surface area contributed by atoms with Gasteiger partial charge in [-0.15, -0.1) is 12.4 Å². The first kappa shape index (κ1) is 10.7. The Balaban J connectivity index is 0.000000980. The molecule has 0 radical (unpaired) electrons. The molecule has 0 saturated heterocycles. The smallest absolute Gasteiger partial charge is 0.231 e. The number of rotatable bonds is 2. The predicted molar refractivity (Wildman–Crippen MR) is 55.4 cm³/mol. The Morgan fingerprint density at radius 1 is 1.36 bits per heavy atom. The van der Waals surface area contributed by atoms with E-state index in [2.05, 4.69) is 0 Å². The van der Waals surface area contributed by atoms with Crippen molar-refractivity contribution >= 4 is 18.2 Å². The standard InChI is InChI=1S/C9H10N2O2.ClH/c10-9(11)4-6-1-2-7-8(3-6)13-5-12-7;/h1-3H,4-5H2,(H3,10,11);1H. The third kappa shape index (κ3) is 2.09. The van der Waals surface area contributed by atoms with Crippen LogP contribution in [0.2, 0.25) is 0 Å². The van der Waals surface area contributed by atoms with Gasteiger partial charge in [0.1, 0.15) is 0 Å². The van der Waals surface area contributed by atoms with Crippen LogP contribution in [0.3, 0.4) is 0 Å². The van der Waals surface area contributed by atoms with Gasteiger partial charge in [0.2, 0.25) is 6.79 Å². The van der Waals surface area contributed by atoms with Gasteiger partial charge in [-0.05, 0) is 17.7 Å². The molecule has 1 aliphatic rings. The molecule has 0 spiro atoms. The van der Waals surface area contributed by atoms with Gasteiger partial charge in [0.15, 0.2) is 11.5 Å². The van der Waals surface area contributed by atoms with E-state index in [0.717, 1.165) is 17.1 Å². The molecule has 1 heterocycles. The van der Waals surface area contributed by atoms with Crippen LogP contribution in [0.4, 0.5) is 0 Å². The van der Waals surface area contributed by atoms with Crippen molar-refractivity contribution in [1.29, 1.82) is 5.41 Å². The number of nitrogens with one attached hydrogen (secondary N) is 1. The SMILES string of the molecule is Cl.N=C(N)Cc1ccc2c(c1)OCO2. The van der Waals surface area contributed by atoms with E-state index in [4.69, 9.17) is 20.6 Å². The van der Waals surface area contributed by atoms with E-state index in [9.17, 15) is 0 Å². The number of nitrogens with two attached hydrogens (primary N) is 1. The summed E-state index contributed by atoms with van der Waals surface area (Å²) in [4.78, 5) is 0. The Morgan fingerprint density at radius 2 is 2.07 bits per heavy atom. The van der Waals surface area contributed by atoms with Crippen LogP contribution in [0, 0.1) is 5.41 Å². The molecule has 0 fully saturated rings. The molecular weight excluding hydrogens is 204 g/mol. The molecule has 0 unspecified atom stereocenters. The van der Waals surface area contributed by atoms with Crippen LogP contribution in [0.15, 0.2) is 18.2 Å². The first-order chi connectivity index (χ1) is 6.25. The number of hydrogen-bond donors (Lipinski definition) is 2. The highest BCUT2D eigenvalue weighted by atomic mass is 35.5. The number of fused-ring (bicyclic) bond motifs is 1. The lowest BCUT2D eigenvalue weighted by Gasteiger charge is -2.00. The van der Waals surface area contributed by atoms with Gasteiger partial charge in [0, 0.05) is 6.42 Å². The van der Waals surface area contributed by atoms with E-state index in [-0.39, 0.29) is 25.0 Å². The van der Waals surface area contributed by atoms with Crippen LogP contribution in [0.1, 0.15) is 5.56 Å². The zero-order valence-corrected chi connectivity index (χ0v) is 8.26. The Morgan fingerprint density at radius 3 is 2.79 bits per heavy atom. The summed E-state index contributed by atoms with van der Waals surface area (Å²) in [6, 6.07) is 5.57. The van der Waals surface area contributed by atoms with Crippen molar-refractivity contribution < 1.29 is 9.47 Å². The third-order valence-corrected chi connectivity index (χ3v) is 1.83. The van der Waals surface area contributed by atoms with Crippen molar-refractivity contribution in [2.24, 2.45) is 5.73 Å². The van der Waals surface area contributed by atoms with Crippen molar-refractivity contribution in [3.63, 3.8) is 0 Å². The molecule has 0 saturated carbocycles. The predicted octanol–water partition coefficient (Wildman–Crippen LogP) is 1.32. The molecule has 1 aromatic rings. The molecule has 3 N–H and O–H groups in total. The average Bonchev–Trinajstić information content (AvgIpc) is 2.49. The topological polar surface area (TPSA) is 68.3 Å². The fraction of sp³-hybridized carbons (Fsp3) is 0.222. The lowest BCUT2D eigenvalue weighted by Crippen LogP contribution is -2.12. The Kier molecular flexibility index (Phi) is 3.19. The maximum Gasteiger partial charge on any atom is 0.231 e. The van der Waals surface area contributed by atoms with Crippen molar-refractivity contribution in [3.8, 4) is 11.5 Å². The van der Waals surface area contributed by atoms with Gasteiger partial charge >= 0.3 is 0 Å². The van der Waals surface area contributed by atoms with Crippen molar-refractivity contribution in [2.75, 3.05) is 6.79 Å². The maximum absolute atomic E-state index is 7.13. The van der Waals surface area contributed by atoms with Crippen LogP contribution in [0.5, 0.6) is 11.5 Å². The number of ether oxygens (including phenoxy) is 2. The molecular formula is C9H11ClN2O2. The zero-order valence-electron chi connectivity index (χ0n) is 7.45. The fourth-order valence-electron chi connectivity index (χ4n) is 1.27. The number of benzene rings is 1. The minimum absolute atomic E-state index is 0. The quantitative estimate of drug-likeness (QED) is 0.576. The Bertz CT molecular complexity index is 355. The Hall–Kier alpha value is -1.42. The zero-order chi connectivity index (χ0) is 9.26. The van der Waals surface area contributed by atoms with E-state index in [1.807, 2.05) is 18.2 Å². The first-order valence-electron chi connectivity index (χ1n) is 3.97. The molecule has 4 nitrogen and oxygen atoms in total. The van der Waals surface area contributed by atoms with E-state index >= 15 is 0 Å². The number of hydrogen-bond acceptors (Lipinski definition) is 3. The van der Waals surface area contributed by atoms with Crippen LogP contribution < -0.4 is 15.2 Å². The highest BCUT2D eigenvalue weighted by Gasteiger charge is 2.12. The second kappa shape index (κ2) is 4.19. The lowest BCUT2D eigenvalue weighted by molar-refractivity contribution is 0.174. The molecule has 76 valence electrons. The second-order valence-electron chi connectivity index (χ2n) is 2.89. The minimum Gasteiger partial charge on any atom is -0.454 e. The van der Waals surface area contributed by atoms with Crippen molar-refractivity contribution in [3.05, 3.63) is 23.8 Å². The Labute approximate surface area is 87.9 Å². The van der Waals surface area contributed by atoms with Gasteiger partial charge in [-0.2, -0.15) is 0 Å². The summed E-state index contributed by atoms with van der Waals surface area (Å²) in [5.41, 5.74) is 6.25. The summed E-state index contributed by atoms with van der Waals surface area (Å²) in [7, 11) is 0. The maximum atomic E-state index is 7.13. The van der Waals surface area contributed by atoms with Gasteiger partial charge in [-0.25, -0.2) is 0 Å². The largest absolute Gasteiger partial charge is 0.454 e. The molecule has 0 amide bonds. The monoisotopic (exact) mass is 214 g/mol. The molecule has 1 aromatic carbocycles. The van der Waals surface area contributed by atoms with E-state index in [0.29, 0.717) is 6.42 Å². The second-order valence-corrected chi connectivity index (χ2v) is 2.89. The molecule has 1 aliphatic heterocycles. The van der Waals surface area contributed by atoms with Crippen molar-refractivity contribution in [2.45, 2.75) is 6.42 Å². The van der Waals surface area contributed by atoms with Crippen LogP contribution in [0.25, 0.3) is 0 Å². The van der Waals surface area contributed by atoms with Gasteiger partial charge in [0.25, 0.3) is 0 Å². The molecule has 5 heteroatoms. The molecule has 0 atom stereocenters. The fourth-order valence-corrected chi connectivity index (χ4v) is 1.27. The van der Waals surface area contributed by atoms with E-state index in [1.165, 1.54) is 0 Å². The molecule has 14 heavy (non-hydrogen) atoms. The summed E-state index contributed by atoms with van der Waals surface area (Å²) in [6.07, 6.45) is 0.455. The van der Waals surface area contributed by atoms with Gasteiger partial charge < -0.3 is 15.2 Å². The summed E-state index contributed by atoms with van der Waals surface area (Å²) >= 11 is 0. The normalized spacial score (nSPS) is 12.0. The summed E-state index contributed by atoms with van der Waals surface area (Å²) < 4.78 is 10.3. The highest BCUT2D eigenvalue weighted by Crippen LogP contribution is 2.32. The van der Waals surface area contributed by atoms with E-state index < -0.39 is 0 Å². The van der Waals surface area contributed by atoms with Crippen molar-refractivity contribution in [1.82, 2.24) is 0 Å².